The van der Waals surface area contributed by atoms with Gasteiger partial charge < -0.3 is 16.4 Å². The number of rotatable bonds is 5. The van der Waals surface area contributed by atoms with Crippen LogP contribution in [0, 0.1) is 5.92 Å². The quantitative estimate of drug-likeness (QED) is 0.711. The number of hydrogen-bond donors (Lipinski definition) is 3. The largest absolute Gasteiger partial charge is 0.368 e. The Balaban J connectivity index is 2.73. The van der Waals surface area contributed by atoms with Crippen molar-refractivity contribution in [2.75, 3.05) is 5.32 Å². The van der Waals surface area contributed by atoms with Gasteiger partial charge in [0.2, 0.25) is 5.91 Å². The fourth-order valence-corrected chi connectivity index (χ4v) is 1.69. The molecular weight excluding hydrogens is 258 g/mol. The predicted molar refractivity (Wildman–Crippen MR) is 76.4 cm³/mol. The molecule has 0 aliphatic carbocycles. The highest BCUT2D eigenvalue weighted by Crippen LogP contribution is 2.11. The molecule has 108 valence electrons. The third-order valence-corrected chi connectivity index (χ3v) is 2.79. The highest BCUT2D eigenvalue weighted by Gasteiger charge is 2.21. The number of carbonyl (C=O) groups excluding carboxylic acids is 3. The van der Waals surface area contributed by atoms with E-state index in [1.54, 1.807) is 38.1 Å². The number of hydrogen-bond acceptors (Lipinski definition) is 3. The van der Waals surface area contributed by atoms with Crippen molar-refractivity contribution in [1.82, 2.24) is 5.32 Å². The molecule has 1 rings (SSSR count). The van der Waals surface area contributed by atoms with Gasteiger partial charge in [0.05, 0.1) is 0 Å². The molecule has 6 nitrogen and oxygen atoms in total. The number of primary amides is 1. The number of amides is 3. The number of nitrogens with one attached hydrogen (secondary N) is 2. The highest BCUT2D eigenvalue weighted by atomic mass is 16.2. The van der Waals surface area contributed by atoms with Crippen LogP contribution in [0.2, 0.25) is 0 Å². The standard InChI is InChI=1S/C14H19N3O3/c1-8(2)12(13(15)19)17-14(20)16-11-6-4-5-10(7-11)9(3)18/h4-8,12H,1-3H3,(H2,15,19)(H2,16,17,20). The third kappa shape index (κ3) is 4.38. The van der Waals surface area contributed by atoms with Crippen LogP contribution in [0.3, 0.4) is 0 Å². The summed E-state index contributed by atoms with van der Waals surface area (Å²) in [7, 11) is 0. The lowest BCUT2D eigenvalue weighted by molar-refractivity contribution is -0.120. The zero-order valence-corrected chi connectivity index (χ0v) is 11.8. The molecule has 3 amide bonds. The molecule has 0 heterocycles. The highest BCUT2D eigenvalue weighted by molar-refractivity contribution is 5.97. The topological polar surface area (TPSA) is 101 Å². The first-order valence-electron chi connectivity index (χ1n) is 6.29. The van der Waals surface area contributed by atoms with E-state index in [-0.39, 0.29) is 11.7 Å². The van der Waals surface area contributed by atoms with Crippen LogP contribution in [0.5, 0.6) is 0 Å². The summed E-state index contributed by atoms with van der Waals surface area (Å²) >= 11 is 0. The van der Waals surface area contributed by atoms with Crippen molar-refractivity contribution in [2.24, 2.45) is 11.7 Å². The van der Waals surface area contributed by atoms with Gasteiger partial charge in [0.1, 0.15) is 6.04 Å². The third-order valence-electron chi connectivity index (χ3n) is 2.79. The maximum absolute atomic E-state index is 11.8. The zero-order chi connectivity index (χ0) is 15.3. The summed E-state index contributed by atoms with van der Waals surface area (Å²) in [5, 5.41) is 5.07. The molecule has 0 aliphatic rings. The second-order valence-corrected chi connectivity index (χ2v) is 4.86. The van der Waals surface area contributed by atoms with Crippen LogP contribution in [0.1, 0.15) is 31.1 Å². The molecule has 1 atom stereocenters. The van der Waals surface area contributed by atoms with Crippen molar-refractivity contribution in [1.29, 1.82) is 0 Å². The fourth-order valence-electron chi connectivity index (χ4n) is 1.69. The number of Topliss-reactive ketones (excluding diaryl/α,β-unsaturated/α-hetero) is 1. The van der Waals surface area contributed by atoms with Gasteiger partial charge in [-0.3, -0.25) is 9.59 Å². The molecule has 0 spiro atoms. The van der Waals surface area contributed by atoms with Gasteiger partial charge in [0, 0.05) is 11.3 Å². The van der Waals surface area contributed by atoms with Gasteiger partial charge in [0.25, 0.3) is 0 Å². The van der Waals surface area contributed by atoms with Crippen molar-refractivity contribution >= 4 is 23.4 Å². The second kappa shape index (κ2) is 6.70. The lowest BCUT2D eigenvalue weighted by Gasteiger charge is -2.19. The van der Waals surface area contributed by atoms with Crippen LogP contribution in [-0.4, -0.2) is 23.8 Å². The normalized spacial score (nSPS) is 11.8. The smallest absolute Gasteiger partial charge is 0.319 e. The van der Waals surface area contributed by atoms with Crippen molar-refractivity contribution in [3.63, 3.8) is 0 Å². The average molecular weight is 277 g/mol. The summed E-state index contributed by atoms with van der Waals surface area (Å²) in [6, 6.07) is 5.26. The first-order chi connectivity index (χ1) is 9.31. The molecule has 20 heavy (non-hydrogen) atoms. The fraction of sp³-hybridized carbons (Fsp3) is 0.357. The van der Waals surface area contributed by atoms with E-state index in [1.165, 1.54) is 6.92 Å². The Kier molecular flexibility index (Phi) is 5.25. The van der Waals surface area contributed by atoms with Crippen molar-refractivity contribution in [3.8, 4) is 0 Å². The van der Waals surface area contributed by atoms with Crippen LogP contribution >= 0.6 is 0 Å². The lowest BCUT2D eigenvalue weighted by atomic mass is 10.0. The number of ketones is 1. The Hall–Kier alpha value is -2.37. The summed E-state index contributed by atoms with van der Waals surface area (Å²) in [4.78, 5) is 34.3. The minimum absolute atomic E-state index is 0.0914. The molecule has 0 saturated carbocycles. The van der Waals surface area contributed by atoms with Gasteiger partial charge in [-0.2, -0.15) is 0 Å². The first kappa shape index (κ1) is 15.7. The average Bonchev–Trinajstić information content (AvgIpc) is 2.35. The van der Waals surface area contributed by atoms with Gasteiger partial charge in [-0.05, 0) is 25.0 Å². The molecule has 1 unspecified atom stereocenters. The Morgan fingerprint density at radius 3 is 2.35 bits per heavy atom. The van der Waals surface area contributed by atoms with E-state index in [1.807, 2.05) is 0 Å². The summed E-state index contributed by atoms with van der Waals surface area (Å²) in [6.07, 6.45) is 0. The van der Waals surface area contributed by atoms with Gasteiger partial charge in [-0.25, -0.2) is 4.79 Å². The molecule has 1 aromatic rings. The van der Waals surface area contributed by atoms with Gasteiger partial charge in [0.15, 0.2) is 5.78 Å². The molecule has 0 saturated heterocycles. The van der Waals surface area contributed by atoms with Crippen LogP contribution in [-0.2, 0) is 4.79 Å². The second-order valence-electron chi connectivity index (χ2n) is 4.86. The summed E-state index contributed by atoms with van der Waals surface area (Å²) < 4.78 is 0. The molecule has 0 bridgehead atoms. The predicted octanol–water partition coefficient (Wildman–Crippen LogP) is 1.52. The molecule has 0 fully saturated rings. The Morgan fingerprint density at radius 1 is 1.20 bits per heavy atom. The van der Waals surface area contributed by atoms with Crippen molar-refractivity contribution in [2.45, 2.75) is 26.8 Å². The molecule has 0 aromatic heterocycles. The Bertz CT molecular complexity index is 526. The van der Waals surface area contributed by atoms with E-state index in [9.17, 15) is 14.4 Å². The number of carbonyl (C=O) groups is 3. The van der Waals surface area contributed by atoms with E-state index in [2.05, 4.69) is 10.6 Å². The lowest BCUT2D eigenvalue weighted by Crippen LogP contribution is -2.49. The monoisotopic (exact) mass is 277 g/mol. The minimum Gasteiger partial charge on any atom is -0.368 e. The van der Waals surface area contributed by atoms with Gasteiger partial charge in [-0.1, -0.05) is 26.0 Å². The minimum atomic E-state index is -0.744. The number of urea groups is 1. The van der Waals surface area contributed by atoms with E-state index in [0.29, 0.717) is 11.3 Å². The number of nitrogens with two attached hydrogens (primary N) is 1. The molecule has 0 aliphatic heterocycles. The van der Waals surface area contributed by atoms with E-state index >= 15 is 0 Å². The molecular formula is C14H19N3O3. The van der Waals surface area contributed by atoms with Crippen LogP contribution in [0.25, 0.3) is 0 Å². The zero-order valence-electron chi connectivity index (χ0n) is 11.8. The van der Waals surface area contributed by atoms with Crippen molar-refractivity contribution < 1.29 is 14.4 Å². The van der Waals surface area contributed by atoms with Crippen LogP contribution < -0.4 is 16.4 Å². The van der Waals surface area contributed by atoms with Crippen molar-refractivity contribution in [3.05, 3.63) is 29.8 Å². The molecule has 0 radical (unpaired) electrons. The molecule has 6 heteroatoms. The Morgan fingerprint density at radius 2 is 1.85 bits per heavy atom. The number of benzene rings is 1. The van der Waals surface area contributed by atoms with E-state index in [4.69, 9.17) is 5.73 Å². The maximum Gasteiger partial charge on any atom is 0.319 e. The number of anilines is 1. The van der Waals surface area contributed by atoms with Crippen LogP contribution in [0.15, 0.2) is 24.3 Å². The van der Waals surface area contributed by atoms with Gasteiger partial charge in [-0.15, -0.1) is 0 Å². The Labute approximate surface area is 117 Å². The summed E-state index contributed by atoms with van der Waals surface area (Å²) in [5.41, 5.74) is 6.19. The van der Waals surface area contributed by atoms with E-state index in [0.717, 1.165) is 0 Å². The van der Waals surface area contributed by atoms with E-state index < -0.39 is 18.0 Å². The SMILES string of the molecule is CC(=O)c1cccc(NC(=O)NC(C(N)=O)C(C)C)c1. The molecule has 4 N–H and O–H groups in total. The molecule has 1 aromatic carbocycles. The van der Waals surface area contributed by atoms with Gasteiger partial charge >= 0.3 is 6.03 Å². The summed E-state index contributed by atoms with van der Waals surface area (Å²) in [6.45, 7) is 5.01. The van der Waals surface area contributed by atoms with Crippen LogP contribution in [0.4, 0.5) is 10.5 Å². The maximum atomic E-state index is 11.8. The first-order valence-corrected chi connectivity index (χ1v) is 6.29. The summed E-state index contributed by atoms with van der Waals surface area (Å²) in [5.74, 6) is -0.791.